The first kappa shape index (κ1) is 16.4. The maximum atomic E-state index is 12.5. The van der Waals surface area contributed by atoms with Crippen molar-refractivity contribution < 1.29 is 16.8 Å². The Kier molecular flexibility index (Phi) is 4.41. The lowest BCUT2D eigenvalue weighted by atomic mass is 10.3. The van der Waals surface area contributed by atoms with Gasteiger partial charge in [-0.1, -0.05) is 6.07 Å². The molecule has 1 aliphatic rings. The van der Waals surface area contributed by atoms with Gasteiger partial charge in [-0.25, -0.2) is 21.1 Å². The van der Waals surface area contributed by atoms with Crippen molar-refractivity contribution in [3.05, 3.63) is 24.3 Å². The van der Waals surface area contributed by atoms with Crippen LogP contribution in [0, 0.1) is 0 Å². The molecule has 118 valence electrons. The summed E-state index contributed by atoms with van der Waals surface area (Å²) in [7, 11) is -4.58. The number of nitrogens with zero attached hydrogens (tertiary/aromatic N) is 2. The monoisotopic (exact) mass is 333 g/mol. The topological polar surface area (TPSA) is 101 Å². The minimum atomic E-state index is -3.71. The van der Waals surface area contributed by atoms with Crippen molar-refractivity contribution in [1.82, 2.24) is 8.61 Å². The van der Waals surface area contributed by atoms with Gasteiger partial charge in [-0.15, -0.1) is 0 Å². The van der Waals surface area contributed by atoms with Crippen LogP contribution in [0.15, 0.2) is 34.1 Å². The van der Waals surface area contributed by atoms with E-state index in [4.69, 9.17) is 5.73 Å². The molecule has 0 spiro atoms. The molecule has 1 saturated heterocycles. The molecule has 0 unspecified atom stereocenters. The zero-order valence-corrected chi connectivity index (χ0v) is 13.6. The summed E-state index contributed by atoms with van der Waals surface area (Å²) in [6, 6.07) is 5.22. The summed E-state index contributed by atoms with van der Waals surface area (Å²) in [5.74, 6) is 0. The van der Waals surface area contributed by atoms with Crippen LogP contribution < -0.4 is 5.73 Å². The van der Waals surface area contributed by atoms with Gasteiger partial charge in [-0.05, 0) is 24.6 Å². The molecule has 2 rings (SSSR count). The van der Waals surface area contributed by atoms with Gasteiger partial charge in [0.2, 0.25) is 20.0 Å². The quantitative estimate of drug-likeness (QED) is 0.812. The second kappa shape index (κ2) is 5.65. The Morgan fingerprint density at radius 1 is 1.19 bits per heavy atom. The molecule has 1 aromatic rings. The lowest BCUT2D eigenvalue weighted by Gasteiger charge is -2.17. The zero-order chi connectivity index (χ0) is 15.8. The molecule has 0 amide bonds. The van der Waals surface area contributed by atoms with Crippen molar-refractivity contribution in [2.24, 2.45) is 5.73 Å². The minimum absolute atomic E-state index is 0.0282. The van der Waals surface area contributed by atoms with Gasteiger partial charge >= 0.3 is 0 Å². The van der Waals surface area contributed by atoms with E-state index >= 15 is 0 Å². The van der Waals surface area contributed by atoms with E-state index in [1.54, 1.807) is 0 Å². The highest BCUT2D eigenvalue weighted by Gasteiger charge is 2.31. The van der Waals surface area contributed by atoms with E-state index in [-0.39, 0.29) is 22.4 Å². The Bertz CT molecular complexity index is 729. The normalized spacial score (nSPS) is 21.0. The lowest BCUT2D eigenvalue weighted by Crippen LogP contribution is -2.32. The van der Waals surface area contributed by atoms with Gasteiger partial charge in [0.25, 0.3) is 0 Å². The first-order valence-corrected chi connectivity index (χ1v) is 9.32. The third-order valence-electron chi connectivity index (χ3n) is 3.41. The van der Waals surface area contributed by atoms with Crippen LogP contribution in [0.4, 0.5) is 0 Å². The SMILES string of the molecule is CN(C)S(=O)(=O)c1cccc(S(=O)(=O)N2CC[C@@H](N)C2)c1. The summed E-state index contributed by atoms with van der Waals surface area (Å²) in [5.41, 5.74) is 5.73. The van der Waals surface area contributed by atoms with E-state index in [9.17, 15) is 16.8 Å². The first-order valence-electron chi connectivity index (χ1n) is 6.44. The van der Waals surface area contributed by atoms with Crippen LogP contribution in [-0.4, -0.2) is 58.7 Å². The molecule has 0 aromatic heterocycles. The van der Waals surface area contributed by atoms with Crippen molar-refractivity contribution in [2.45, 2.75) is 22.3 Å². The maximum Gasteiger partial charge on any atom is 0.243 e. The summed E-state index contributed by atoms with van der Waals surface area (Å²) in [6.07, 6.45) is 0.606. The van der Waals surface area contributed by atoms with Crippen LogP contribution in [0.3, 0.4) is 0 Å². The molecule has 0 radical (unpaired) electrons. The summed E-state index contributed by atoms with van der Waals surface area (Å²) in [5, 5.41) is 0. The van der Waals surface area contributed by atoms with Gasteiger partial charge in [0, 0.05) is 33.2 Å². The van der Waals surface area contributed by atoms with Crippen molar-refractivity contribution in [3.63, 3.8) is 0 Å². The van der Waals surface area contributed by atoms with Crippen molar-refractivity contribution in [1.29, 1.82) is 0 Å². The van der Waals surface area contributed by atoms with Crippen molar-refractivity contribution in [3.8, 4) is 0 Å². The average molecular weight is 333 g/mol. The summed E-state index contributed by atoms with van der Waals surface area (Å²) >= 11 is 0. The Balaban J connectivity index is 2.42. The van der Waals surface area contributed by atoms with E-state index < -0.39 is 20.0 Å². The average Bonchev–Trinajstić information content (AvgIpc) is 2.86. The number of rotatable bonds is 4. The van der Waals surface area contributed by atoms with Crippen LogP contribution >= 0.6 is 0 Å². The molecule has 21 heavy (non-hydrogen) atoms. The smallest absolute Gasteiger partial charge is 0.243 e. The van der Waals surface area contributed by atoms with E-state index in [0.717, 1.165) is 4.31 Å². The Morgan fingerprint density at radius 3 is 2.33 bits per heavy atom. The van der Waals surface area contributed by atoms with E-state index in [2.05, 4.69) is 0 Å². The molecule has 2 N–H and O–H groups in total. The molecule has 7 nitrogen and oxygen atoms in total. The minimum Gasteiger partial charge on any atom is -0.326 e. The van der Waals surface area contributed by atoms with E-state index in [1.165, 1.54) is 42.7 Å². The van der Waals surface area contributed by atoms with Crippen molar-refractivity contribution in [2.75, 3.05) is 27.2 Å². The maximum absolute atomic E-state index is 12.5. The van der Waals surface area contributed by atoms with Crippen LogP contribution in [0.25, 0.3) is 0 Å². The Morgan fingerprint density at radius 2 is 1.81 bits per heavy atom. The van der Waals surface area contributed by atoms with Gasteiger partial charge in [0.15, 0.2) is 0 Å². The van der Waals surface area contributed by atoms with Gasteiger partial charge in [0.1, 0.15) is 0 Å². The second-order valence-corrected chi connectivity index (χ2v) is 9.26. The number of sulfonamides is 2. The van der Waals surface area contributed by atoms with Crippen LogP contribution in [0.2, 0.25) is 0 Å². The van der Waals surface area contributed by atoms with Crippen LogP contribution in [0.1, 0.15) is 6.42 Å². The fourth-order valence-corrected chi connectivity index (χ4v) is 4.71. The summed E-state index contributed by atoms with van der Waals surface area (Å²) < 4.78 is 51.5. The molecular weight excluding hydrogens is 314 g/mol. The molecule has 1 aromatic carbocycles. The number of nitrogens with two attached hydrogens (primary N) is 1. The third-order valence-corrected chi connectivity index (χ3v) is 7.08. The fourth-order valence-electron chi connectivity index (χ4n) is 2.13. The van der Waals surface area contributed by atoms with Crippen molar-refractivity contribution >= 4 is 20.0 Å². The highest BCUT2D eigenvalue weighted by molar-refractivity contribution is 7.90. The number of hydrogen-bond acceptors (Lipinski definition) is 5. The Hall–Kier alpha value is -1.00. The highest BCUT2D eigenvalue weighted by atomic mass is 32.2. The summed E-state index contributed by atoms with van der Waals surface area (Å²) in [6.45, 7) is 0.612. The number of benzene rings is 1. The molecule has 1 aliphatic heterocycles. The molecule has 1 heterocycles. The van der Waals surface area contributed by atoms with E-state index in [1.807, 2.05) is 0 Å². The van der Waals surface area contributed by atoms with E-state index in [0.29, 0.717) is 13.0 Å². The molecule has 9 heteroatoms. The predicted octanol–water partition coefficient (Wildman–Crippen LogP) is -0.341. The van der Waals surface area contributed by atoms with Gasteiger partial charge < -0.3 is 5.73 Å². The Labute approximate surface area is 125 Å². The first-order chi connectivity index (χ1) is 9.65. The van der Waals surface area contributed by atoms with Gasteiger partial charge in [0.05, 0.1) is 9.79 Å². The number of hydrogen-bond donors (Lipinski definition) is 1. The van der Waals surface area contributed by atoms with Crippen LogP contribution in [0.5, 0.6) is 0 Å². The van der Waals surface area contributed by atoms with Gasteiger partial charge in [-0.3, -0.25) is 0 Å². The fraction of sp³-hybridized carbons (Fsp3) is 0.500. The molecular formula is C12H19N3O4S2. The predicted molar refractivity (Wildman–Crippen MR) is 78.7 cm³/mol. The molecule has 0 bridgehead atoms. The lowest BCUT2D eigenvalue weighted by molar-refractivity contribution is 0.472. The zero-order valence-electron chi connectivity index (χ0n) is 11.9. The molecule has 1 fully saturated rings. The summed E-state index contributed by atoms with van der Waals surface area (Å²) in [4.78, 5) is -0.0726. The standard InChI is InChI=1S/C12H19N3O4S2/c1-14(2)20(16,17)11-4-3-5-12(8-11)21(18,19)15-7-6-10(13)9-15/h3-5,8,10H,6-7,9,13H2,1-2H3/t10-/m1/s1. The largest absolute Gasteiger partial charge is 0.326 e. The third kappa shape index (κ3) is 3.11. The highest BCUT2D eigenvalue weighted by Crippen LogP contribution is 2.23. The van der Waals surface area contributed by atoms with Gasteiger partial charge in [-0.2, -0.15) is 4.31 Å². The second-order valence-electron chi connectivity index (χ2n) is 5.17. The molecule has 0 saturated carbocycles. The van der Waals surface area contributed by atoms with Crippen LogP contribution in [-0.2, 0) is 20.0 Å². The molecule has 0 aliphatic carbocycles. The molecule has 1 atom stereocenters.